The normalized spacial score (nSPS) is 15.9. The van der Waals surface area contributed by atoms with Gasteiger partial charge in [0.15, 0.2) is 0 Å². The number of nitrogens with zero attached hydrogens (tertiary/aromatic N) is 3. The Morgan fingerprint density at radius 2 is 1.70 bits per heavy atom. The summed E-state index contributed by atoms with van der Waals surface area (Å²) in [5, 5.41) is 17.9. The molecular weight excluding hydrogens is 246 g/mol. The molecule has 0 amide bonds. The minimum absolute atomic E-state index is 0.184. The van der Waals surface area contributed by atoms with Crippen LogP contribution in [-0.4, -0.2) is 11.4 Å². The first-order valence-corrected chi connectivity index (χ1v) is 7.25. The van der Waals surface area contributed by atoms with Crippen LogP contribution in [0.1, 0.15) is 47.0 Å². The molecule has 3 heteroatoms. The standard InChI is InChI=1S/C17H23N3/c1-5-7-15(6-2)12-20-13(3)8-16(9-14(20)4)17(10-18)11-19/h8-9,15H,5-7,12H2,1-4H3/t15-/m0/s1. The molecule has 1 aliphatic rings. The van der Waals surface area contributed by atoms with E-state index in [2.05, 4.69) is 18.7 Å². The Morgan fingerprint density at radius 3 is 2.10 bits per heavy atom. The van der Waals surface area contributed by atoms with Crippen LogP contribution in [0.3, 0.4) is 0 Å². The SMILES string of the molecule is CCC[C@H](CC)CN1C(C)=CC(=C(C#N)C#N)C=C1C. The molecule has 0 aromatic rings. The van der Waals surface area contributed by atoms with E-state index in [1.165, 1.54) is 19.3 Å². The van der Waals surface area contributed by atoms with Crippen molar-refractivity contribution in [1.82, 2.24) is 4.90 Å². The lowest BCUT2D eigenvalue weighted by Gasteiger charge is -2.33. The number of nitriles is 2. The van der Waals surface area contributed by atoms with E-state index in [1.54, 1.807) is 0 Å². The third kappa shape index (κ3) is 3.75. The molecule has 0 radical (unpaired) electrons. The van der Waals surface area contributed by atoms with Crippen molar-refractivity contribution in [1.29, 1.82) is 10.5 Å². The van der Waals surface area contributed by atoms with E-state index < -0.39 is 0 Å². The van der Waals surface area contributed by atoms with Crippen molar-refractivity contribution in [2.75, 3.05) is 6.54 Å². The molecule has 3 nitrogen and oxygen atoms in total. The summed E-state index contributed by atoms with van der Waals surface area (Å²) >= 11 is 0. The fourth-order valence-electron chi connectivity index (χ4n) is 2.60. The van der Waals surface area contributed by atoms with E-state index in [1.807, 2.05) is 38.1 Å². The van der Waals surface area contributed by atoms with Gasteiger partial charge in [-0.2, -0.15) is 10.5 Å². The number of hydrogen-bond acceptors (Lipinski definition) is 3. The highest BCUT2D eigenvalue weighted by Crippen LogP contribution is 2.27. The molecule has 0 bridgehead atoms. The van der Waals surface area contributed by atoms with Gasteiger partial charge in [0.05, 0.1) is 0 Å². The van der Waals surface area contributed by atoms with Crippen LogP contribution in [0.5, 0.6) is 0 Å². The molecule has 0 aliphatic carbocycles. The highest BCUT2D eigenvalue weighted by atomic mass is 15.1. The second-order valence-electron chi connectivity index (χ2n) is 5.30. The van der Waals surface area contributed by atoms with Gasteiger partial charge in [0.2, 0.25) is 0 Å². The smallest absolute Gasteiger partial charge is 0.137 e. The Balaban J connectivity index is 2.99. The van der Waals surface area contributed by atoms with Crippen LogP contribution in [0.25, 0.3) is 0 Å². The second kappa shape index (κ2) is 7.56. The third-order valence-corrected chi connectivity index (χ3v) is 3.81. The van der Waals surface area contributed by atoms with Gasteiger partial charge in [-0.15, -0.1) is 0 Å². The van der Waals surface area contributed by atoms with E-state index in [9.17, 15) is 0 Å². The van der Waals surface area contributed by atoms with Crippen LogP contribution in [0.4, 0.5) is 0 Å². The summed E-state index contributed by atoms with van der Waals surface area (Å²) in [7, 11) is 0. The van der Waals surface area contributed by atoms with Crippen LogP contribution >= 0.6 is 0 Å². The summed E-state index contributed by atoms with van der Waals surface area (Å²) in [6.45, 7) is 9.55. The highest BCUT2D eigenvalue weighted by Gasteiger charge is 2.18. The van der Waals surface area contributed by atoms with Gasteiger partial charge < -0.3 is 4.90 Å². The van der Waals surface area contributed by atoms with Crippen molar-refractivity contribution in [3.05, 3.63) is 34.7 Å². The van der Waals surface area contributed by atoms with Gasteiger partial charge in [-0.1, -0.05) is 26.7 Å². The number of rotatable bonds is 5. The second-order valence-corrected chi connectivity index (χ2v) is 5.30. The van der Waals surface area contributed by atoms with Gasteiger partial charge in [-0.3, -0.25) is 0 Å². The molecule has 0 fully saturated rings. The van der Waals surface area contributed by atoms with E-state index in [0.717, 1.165) is 23.5 Å². The summed E-state index contributed by atoms with van der Waals surface area (Å²) in [5.41, 5.74) is 3.13. The van der Waals surface area contributed by atoms with Crippen molar-refractivity contribution in [3.8, 4) is 12.1 Å². The van der Waals surface area contributed by atoms with Crippen LogP contribution in [-0.2, 0) is 0 Å². The molecule has 1 aliphatic heterocycles. The summed E-state index contributed by atoms with van der Waals surface area (Å²) in [5.74, 6) is 0.684. The summed E-state index contributed by atoms with van der Waals surface area (Å²) in [6.07, 6.45) is 7.49. The summed E-state index contributed by atoms with van der Waals surface area (Å²) in [4.78, 5) is 2.29. The zero-order chi connectivity index (χ0) is 15.1. The van der Waals surface area contributed by atoms with E-state index in [0.29, 0.717) is 5.92 Å². The molecular formula is C17H23N3. The molecule has 1 rings (SSSR count). The number of hydrogen-bond donors (Lipinski definition) is 0. The molecule has 0 N–H and O–H groups in total. The molecule has 0 spiro atoms. The zero-order valence-electron chi connectivity index (χ0n) is 12.9. The van der Waals surface area contributed by atoms with E-state index in [-0.39, 0.29) is 5.57 Å². The fourth-order valence-corrected chi connectivity index (χ4v) is 2.60. The minimum atomic E-state index is 0.184. The van der Waals surface area contributed by atoms with Crippen LogP contribution in [0.15, 0.2) is 34.7 Å². The average molecular weight is 269 g/mol. The predicted octanol–water partition coefficient (Wildman–Crippen LogP) is 4.28. The van der Waals surface area contributed by atoms with Gasteiger partial charge in [0, 0.05) is 23.5 Å². The number of allylic oxidation sites excluding steroid dienone is 6. The topological polar surface area (TPSA) is 50.8 Å². The maximum absolute atomic E-state index is 8.97. The Kier molecular flexibility index (Phi) is 6.07. The molecule has 0 aromatic heterocycles. The molecule has 1 atom stereocenters. The largest absolute Gasteiger partial charge is 0.349 e. The van der Waals surface area contributed by atoms with Crippen molar-refractivity contribution < 1.29 is 0 Å². The van der Waals surface area contributed by atoms with Crippen LogP contribution < -0.4 is 0 Å². The van der Waals surface area contributed by atoms with Crippen molar-refractivity contribution in [2.45, 2.75) is 47.0 Å². The monoisotopic (exact) mass is 269 g/mol. The van der Waals surface area contributed by atoms with E-state index >= 15 is 0 Å². The predicted molar refractivity (Wildman–Crippen MR) is 81.2 cm³/mol. The Hall–Kier alpha value is -2.00. The lowest BCUT2D eigenvalue weighted by molar-refractivity contribution is 0.315. The van der Waals surface area contributed by atoms with Gasteiger partial charge >= 0.3 is 0 Å². The maximum Gasteiger partial charge on any atom is 0.137 e. The molecule has 0 aromatic carbocycles. The first-order chi connectivity index (χ1) is 9.57. The molecule has 0 saturated carbocycles. The summed E-state index contributed by atoms with van der Waals surface area (Å²) in [6, 6.07) is 3.92. The quantitative estimate of drug-likeness (QED) is 0.700. The minimum Gasteiger partial charge on any atom is -0.349 e. The van der Waals surface area contributed by atoms with Crippen molar-refractivity contribution in [3.63, 3.8) is 0 Å². The van der Waals surface area contributed by atoms with Crippen LogP contribution in [0.2, 0.25) is 0 Å². The lowest BCUT2D eigenvalue weighted by Crippen LogP contribution is -2.28. The maximum atomic E-state index is 8.97. The first kappa shape index (κ1) is 16.1. The van der Waals surface area contributed by atoms with E-state index in [4.69, 9.17) is 10.5 Å². The van der Waals surface area contributed by atoms with Crippen LogP contribution in [0, 0.1) is 28.6 Å². The highest BCUT2D eigenvalue weighted by molar-refractivity contribution is 5.53. The summed E-state index contributed by atoms with van der Waals surface area (Å²) < 4.78 is 0. The first-order valence-electron chi connectivity index (χ1n) is 7.25. The lowest BCUT2D eigenvalue weighted by atomic mass is 9.97. The van der Waals surface area contributed by atoms with Gasteiger partial charge in [0.25, 0.3) is 0 Å². The Bertz CT molecular complexity index is 485. The van der Waals surface area contributed by atoms with Gasteiger partial charge in [-0.05, 0) is 38.3 Å². The van der Waals surface area contributed by atoms with Gasteiger partial charge in [-0.25, -0.2) is 0 Å². The molecule has 20 heavy (non-hydrogen) atoms. The Labute approximate surface area is 122 Å². The molecule has 0 unspecified atom stereocenters. The molecule has 106 valence electrons. The third-order valence-electron chi connectivity index (χ3n) is 3.81. The average Bonchev–Trinajstić information content (AvgIpc) is 2.43. The Morgan fingerprint density at radius 1 is 1.15 bits per heavy atom. The molecule has 1 heterocycles. The van der Waals surface area contributed by atoms with Crippen molar-refractivity contribution in [2.24, 2.45) is 5.92 Å². The zero-order valence-corrected chi connectivity index (χ0v) is 12.9. The van der Waals surface area contributed by atoms with Crippen molar-refractivity contribution >= 4 is 0 Å². The fraction of sp³-hybridized carbons (Fsp3) is 0.529. The molecule has 0 saturated heterocycles. The van der Waals surface area contributed by atoms with Gasteiger partial charge in [0.1, 0.15) is 17.7 Å².